The number of rotatable bonds is 5. The van der Waals surface area contributed by atoms with Crippen LogP contribution >= 0.6 is 0 Å². The van der Waals surface area contributed by atoms with Gasteiger partial charge in [0.25, 0.3) is 5.91 Å². The lowest BCUT2D eigenvalue weighted by atomic mass is 9.97. The number of benzene rings is 1. The maximum Gasteiger partial charge on any atom is 0.308 e. The van der Waals surface area contributed by atoms with Crippen LogP contribution in [0.25, 0.3) is 0 Å². The Morgan fingerprint density at radius 3 is 2.61 bits per heavy atom. The maximum atomic E-state index is 12.4. The molecule has 1 aromatic carbocycles. The van der Waals surface area contributed by atoms with Crippen LogP contribution in [0.15, 0.2) is 30.6 Å². The van der Waals surface area contributed by atoms with E-state index in [2.05, 4.69) is 20.8 Å². The second kappa shape index (κ2) is 8.55. The number of nitrogens with zero attached hydrogens (tertiary/aromatic N) is 3. The highest BCUT2D eigenvalue weighted by molar-refractivity contribution is 5.96. The summed E-state index contributed by atoms with van der Waals surface area (Å²) in [5.41, 5.74) is 13.4. The molecule has 9 nitrogen and oxygen atoms in total. The zero-order valence-corrected chi connectivity index (χ0v) is 15.9. The SMILES string of the molecule is COC(=O)C1CCN(c2ncnc(NNC(=O)c3ccccc3C)c2N)CC1. The predicted molar refractivity (Wildman–Crippen MR) is 106 cm³/mol. The average molecular weight is 384 g/mol. The van der Waals surface area contributed by atoms with Crippen molar-refractivity contribution in [3.8, 4) is 0 Å². The molecular weight excluding hydrogens is 360 g/mol. The van der Waals surface area contributed by atoms with E-state index in [-0.39, 0.29) is 17.8 Å². The van der Waals surface area contributed by atoms with E-state index in [1.54, 1.807) is 12.1 Å². The molecular formula is C19H24N6O3. The first-order chi connectivity index (χ1) is 13.5. The number of nitrogen functional groups attached to an aromatic ring is 1. The van der Waals surface area contributed by atoms with Crippen LogP contribution in [0.3, 0.4) is 0 Å². The number of aryl methyl sites for hydroxylation is 1. The largest absolute Gasteiger partial charge is 0.469 e. The van der Waals surface area contributed by atoms with Crippen molar-refractivity contribution in [2.75, 3.05) is 36.3 Å². The number of hydrazine groups is 1. The van der Waals surface area contributed by atoms with Crippen LogP contribution in [-0.2, 0) is 9.53 Å². The van der Waals surface area contributed by atoms with Crippen molar-refractivity contribution < 1.29 is 14.3 Å². The fourth-order valence-corrected chi connectivity index (χ4v) is 3.24. The van der Waals surface area contributed by atoms with Crippen LogP contribution in [0.5, 0.6) is 0 Å². The number of carbonyl (C=O) groups excluding carboxylic acids is 2. The van der Waals surface area contributed by atoms with Crippen molar-refractivity contribution in [2.45, 2.75) is 19.8 Å². The Labute approximate surface area is 163 Å². The lowest BCUT2D eigenvalue weighted by molar-refractivity contribution is -0.146. The highest BCUT2D eigenvalue weighted by Crippen LogP contribution is 2.29. The van der Waals surface area contributed by atoms with Crippen LogP contribution in [0.2, 0.25) is 0 Å². The van der Waals surface area contributed by atoms with E-state index in [0.717, 1.165) is 5.56 Å². The Balaban J connectivity index is 1.66. The molecule has 1 aliphatic heterocycles. The van der Waals surface area contributed by atoms with Gasteiger partial charge in [0.15, 0.2) is 11.6 Å². The van der Waals surface area contributed by atoms with Crippen LogP contribution in [-0.4, -0.2) is 42.0 Å². The second-order valence-corrected chi connectivity index (χ2v) is 6.64. The Hall–Kier alpha value is -3.36. The zero-order valence-electron chi connectivity index (χ0n) is 15.9. The zero-order chi connectivity index (χ0) is 20.1. The van der Waals surface area contributed by atoms with Crippen molar-refractivity contribution in [2.24, 2.45) is 5.92 Å². The van der Waals surface area contributed by atoms with Gasteiger partial charge in [-0.3, -0.25) is 20.4 Å². The lowest BCUT2D eigenvalue weighted by Gasteiger charge is -2.32. The number of aromatic nitrogens is 2. The number of hydrogen-bond donors (Lipinski definition) is 3. The number of methoxy groups -OCH3 is 1. The van der Waals surface area contributed by atoms with Crippen molar-refractivity contribution >= 4 is 29.2 Å². The third-order valence-corrected chi connectivity index (χ3v) is 4.88. The average Bonchev–Trinajstić information content (AvgIpc) is 2.72. The molecule has 3 rings (SSSR count). The molecule has 4 N–H and O–H groups in total. The Bertz CT molecular complexity index is 864. The number of anilines is 3. The molecule has 2 heterocycles. The van der Waals surface area contributed by atoms with Crippen LogP contribution < -0.4 is 21.5 Å². The molecule has 0 unspecified atom stereocenters. The van der Waals surface area contributed by atoms with E-state index in [1.165, 1.54) is 13.4 Å². The summed E-state index contributed by atoms with van der Waals surface area (Å²) < 4.78 is 4.81. The number of amides is 1. The fraction of sp³-hybridized carbons (Fsp3) is 0.368. The number of carbonyl (C=O) groups is 2. The minimum atomic E-state index is -0.281. The smallest absolute Gasteiger partial charge is 0.308 e. The summed E-state index contributed by atoms with van der Waals surface area (Å²) in [6.45, 7) is 3.13. The van der Waals surface area contributed by atoms with Gasteiger partial charge in [0.2, 0.25) is 0 Å². The molecule has 0 saturated carbocycles. The summed E-state index contributed by atoms with van der Waals surface area (Å²) in [4.78, 5) is 34.4. The van der Waals surface area contributed by atoms with Crippen LogP contribution in [0, 0.1) is 12.8 Å². The van der Waals surface area contributed by atoms with Crippen molar-refractivity contribution in [1.82, 2.24) is 15.4 Å². The van der Waals surface area contributed by atoms with Gasteiger partial charge in [-0.1, -0.05) is 18.2 Å². The minimum Gasteiger partial charge on any atom is -0.469 e. The van der Waals surface area contributed by atoms with Gasteiger partial charge < -0.3 is 15.4 Å². The molecule has 0 bridgehead atoms. The van der Waals surface area contributed by atoms with Gasteiger partial charge >= 0.3 is 5.97 Å². The second-order valence-electron chi connectivity index (χ2n) is 6.64. The van der Waals surface area contributed by atoms with Gasteiger partial charge in [-0.2, -0.15) is 0 Å². The molecule has 0 aliphatic carbocycles. The van der Waals surface area contributed by atoms with E-state index in [9.17, 15) is 9.59 Å². The van der Waals surface area contributed by atoms with Gasteiger partial charge in [-0.05, 0) is 31.4 Å². The van der Waals surface area contributed by atoms with Crippen molar-refractivity contribution in [1.29, 1.82) is 0 Å². The van der Waals surface area contributed by atoms with E-state index in [0.29, 0.717) is 48.8 Å². The number of ether oxygens (including phenoxy) is 1. The summed E-state index contributed by atoms with van der Waals surface area (Å²) in [5, 5.41) is 0. The first-order valence-corrected chi connectivity index (χ1v) is 9.06. The summed E-state index contributed by atoms with van der Waals surface area (Å²) in [5.74, 6) is 0.330. The van der Waals surface area contributed by atoms with Crippen molar-refractivity contribution in [3.05, 3.63) is 41.7 Å². The predicted octanol–water partition coefficient (Wildman–Crippen LogP) is 1.51. The number of esters is 1. The molecule has 0 spiro atoms. The maximum absolute atomic E-state index is 12.4. The van der Waals surface area contributed by atoms with E-state index in [4.69, 9.17) is 10.5 Å². The standard InChI is InChI=1S/C19H24N6O3/c1-12-5-3-4-6-14(12)18(26)24-23-16-15(20)17(22-11-21-16)25-9-7-13(8-10-25)19(27)28-2/h3-6,11,13H,7-10,20H2,1-2H3,(H,24,26)(H,21,22,23). The van der Waals surface area contributed by atoms with Gasteiger partial charge in [-0.15, -0.1) is 0 Å². The molecule has 1 fully saturated rings. The van der Waals surface area contributed by atoms with Gasteiger partial charge in [-0.25, -0.2) is 9.97 Å². The molecule has 9 heteroatoms. The molecule has 0 atom stereocenters. The van der Waals surface area contributed by atoms with Crippen LogP contribution in [0.1, 0.15) is 28.8 Å². The van der Waals surface area contributed by atoms with Gasteiger partial charge in [0.05, 0.1) is 13.0 Å². The molecule has 0 radical (unpaired) electrons. The molecule has 1 saturated heterocycles. The highest BCUT2D eigenvalue weighted by Gasteiger charge is 2.27. The van der Waals surface area contributed by atoms with Gasteiger partial charge in [0.1, 0.15) is 12.0 Å². The molecule has 2 aromatic rings. The van der Waals surface area contributed by atoms with Gasteiger partial charge in [0, 0.05) is 18.7 Å². The third kappa shape index (κ3) is 4.13. The number of hydrogen-bond acceptors (Lipinski definition) is 8. The summed E-state index contributed by atoms with van der Waals surface area (Å²) >= 11 is 0. The normalized spacial score (nSPS) is 14.4. The molecule has 1 aliphatic rings. The molecule has 1 amide bonds. The van der Waals surface area contributed by atoms with Crippen molar-refractivity contribution in [3.63, 3.8) is 0 Å². The van der Waals surface area contributed by atoms with Crippen LogP contribution in [0.4, 0.5) is 17.3 Å². The fourth-order valence-electron chi connectivity index (χ4n) is 3.24. The molecule has 1 aromatic heterocycles. The van der Waals surface area contributed by atoms with E-state index >= 15 is 0 Å². The molecule has 148 valence electrons. The summed E-state index contributed by atoms with van der Waals surface area (Å²) in [7, 11) is 1.40. The van der Waals surface area contributed by atoms with E-state index < -0.39 is 0 Å². The lowest BCUT2D eigenvalue weighted by Crippen LogP contribution is -2.38. The Morgan fingerprint density at radius 1 is 1.21 bits per heavy atom. The number of nitrogens with two attached hydrogens (primary N) is 1. The Kier molecular flexibility index (Phi) is 5.93. The molecule has 28 heavy (non-hydrogen) atoms. The summed E-state index contributed by atoms with van der Waals surface area (Å²) in [6.07, 6.45) is 2.73. The highest BCUT2D eigenvalue weighted by atomic mass is 16.5. The first kappa shape index (κ1) is 19.4. The topological polar surface area (TPSA) is 122 Å². The monoisotopic (exact) mass is 384 g/mol. The minimum absolute atomic E-state index is 0.102. The quantitative estimate of drug-likeness (QED) is 0.524. The Morgan fingerprint density at radius 2 is 1.93 bits per heavy atom. The number of nitrogens with one attached hydrogen (secondary N) is 2. The van der Waals surface area contributed by atoms with E-state index in [1.807, 2.05) is 24.0 Å². The third-order valence-electron chi connectivity index (χ3n) is 4.88. The summed E-state index contributed by atoms with van der Waals surface area (Å²) in [6, 6.07) is 7.28. The number of piperidine rings is 1. The first-order valence-electron chi connectivity index (χ1n) is 9.06.